The van der Waals surface area contributed by atoms with Gasteiger partial charge in [-0.2, -0.15) is 0 Å². The second-order valence-corrected chi connectivity index (χ2v) is 7.11. The number of urea groups is 1. The SMILES string of the molecule is NC(=O)C1CCCN(C(=O)OCc2ccccc2)C1.NC(=O)N1CCCCC1. The van der Waals surface area contributed by atoms with Crippen LogP contribution in [0.25, 0.3) is 0 Å². The Morgan fingerprint density at radius 2 is 1.57 bits per heavy atom. The van der Waals surface area contributed by atoms with Gasteiger partial charge in [-0.1, -0.05) is 30.3 Å². The lowest BCUT2D eigenvalue weighted by Gasteiger charge is -2.30. The minimum atomic E-state index is -0.380. The maximum Gasteiger partial charge on any atom is 0.410 e. The lowest BCUT2D eigenvalue weighted by Crippen LogP contribution is -2.44. The van der Waals surface area contributed by atoms with Gasteiger partial charge < -0.3 is 26.0 Å². The lowest BCUT2D eigenvalue weighted by molar-refractivity contribution is -0.123. The summed E-state index contributed by atoms with van der Waals surface area (Å²) in [7, 11) is 0. The molecule has 0 saturated carbocycles. The fourth-order valence-electron chi connectivity index (χ4n) is 3.30. The summed E-state index contributed by atoms with van der Waals surface area (Å²) < 4.78 is 5.23. The highest BCUT2D eigenvalue weighted by Crippen LogP contribution is 2.17. The first-order valence-corrected chi connectivity index (χ1v) is 9.76. The third-order valence-corrected chi connectivity index (χ3v) is 4.95. The summed E-state index contributed by atoms with van der Waals surface area (Å²) in [4.78, 5) is 36.8. The quantitative estimate of drug-likeness (QED) is 0.821. The van der Waals surface area contributed by atoms with Gasteiger partial charge in [0.25, 0.3) is 0 Å². The number of likely N-dealkylation sites (tertiary alicyclic amines) is 2. The highest BCUT2D eigenvalue weighted by atomic mass is 16.6. The van der Waals surface area contributed by atoms with Crippen molar-refractivity contribution in [3.05, 3.63) is 35.9 Å². The first-order valence-electron chi connectivity index (χ1n) is 9.76. The number of rotatable bonds is 3. The highest BCUT2D eigenvalue weighted by Gasteiger charge is 2.27. The number of amides is 4. The zero-order valence-corrected chi connectivity index (χ0v) is 16.2. The van der Waals surface area contributed by atoms with Gasteiger partial charge in [-0.3, -0.25) is 4.79 Å². The summed E-state index contributed by atoms with van der Waals surface area (Å²) in [6.45, 7) is 2.95. The van der Waals surface area contributed by atoms with Gasteiger partial charge in [0.15, 0.2) is 0 Å². The second-order valence-electron chi connectivity index (χ2n) is 7.11. The summed E-state index contributed by atoms with van der Waals surface area (Å²) in [6.07, 6.45) is 4.62. The largest absolute Gasteiger partial charge is 0.445 e. The molecule has 0 aliphatic carbocycles. The van der Waals surface area contributed by atoms with E-state index in [-0.39, 0.29) is 30.6 Å². The number of hydrogen-bond donors (Lipinski definition) is 2. The summed E-state index contributed by atoms with van der Waals surface area (Å²) in [5.41, 5.74) is 11.3. The van der Waals surface area contributed by atoms with Gasteiger partial charge in [-0.25, -0.2) is 9.59 Å². The zero-order chi connectivity index (χ0) is 20.4. The van der Waals surface area contributed by atoms with E-state index in [4.69, 9.17) is 16.2 Å². The first-order chi connectivity index (χ1) is 13.5. The van der Waals surface area contributed by atoms with Crippen molar-refractivity contribution in [2.24, 2.45) is 17.4 Å². The van der Waals surface area contributed by atoms with Crippen molar-refractivity contribution in [2.75, 3.05) is 26.2 Å². The molecule has 3 rings (SSSR count). The minimum absolute atomic E-state index is 0.247. The molecule has 2 aliphatic heterocycles. The molecule has 0 spiro atoms. The molecule has 1 unspecified atom stereocenters. The van der Waals surface area contributed by atoms with E-state index >= 15 is 0 Å². The maximum atomic E-state index is 11.9. The molecule has 2 aliphatic rings. The van der Waals surface area contributed by atoms with E-state index in [9.17, 15) is 14.4 Å². The molecule has 0 radical (unpaired) electrons. The van der Waals surface area contributed by atoms with E-state index in [1.807, 2.05) is 30.3 Å². The molecule has 2 fully saturated rings. The summed E-state index contributed by atoms with van der Waals surface area (Å²) >= 11 is 0. The number of carbonyl (C=O) groups excluding carboxylic acids is 3. The molecule has 154 valence electrons. The van der Waals surface area contributed by atoms with Crippen molar-refractivity contribution in [3.8, 4) is 0 Å². The molecule has 28 heavy (non-hydrogen) atoms. The van der Waals surface area contributed by atoms with Crippen molar-refractivity contribution < 1.29 is 19.1 Å². The Bertz CT molecular complexity index is 647. The smallest absolute Gasteiger partial charge is 0.410 e. The van der Waals surface area contributed by atoms with Gasteiger partial charge in [-0.05, 0) is 37.7 Å². The predicted octanol–water partition coefficient (Wildman–Crippen LogP) is 2.07. The number of piperidine rings is 2. The highest BCUT2D eigenvalue weighted by molar-refractivity contribution is 5.78. The van der Waals surface area contributed by atoms with Crippen LogP contribution in [0.4, 0.5) is 9.59 Å². The topological polar surface area (TPSA) is 119 Å². The summed E-state index contributed by atoms with van der Waals surface area (Å²) in [6, 6.07) is 9.23. The predicted molar refractivity (Wildman–Crippen MR) is 105 cm³/mol. The van der Waals surface area contributed by atoms with Gasteiger partial charge in [0.2, 0.25) is 5.91 Å². The van der Waals surface area contributed by atoms with Gasteiger partial charge in [0.05, 0.1) is 5.92 Å². The fourth-order valence-corrected chi connectivity index (χ4v) is 3.30. The van der Waals surface area contributed by atoms with Crippen LogP contribution in [0.1, 0.15) is 37.7 Å². The molecule has 0 aromatic heterocycles. The van der Waals surface area contributed by atoms with Crippen molar-refractivity contribution in [3.63, 3.8) is 0 Å². The molecular formula is C20H30N4O4. The maximum absolute atomic E-state index is 11.9. The van der Waals surface area contributed by atoms with Crippen LogP contribution in [0.2, 0.25) is 0 Å². The number of ether oxygens (including phenoxy) is 1. The Morgan fingerprint density at radius 1 is 0.929 bits per heavy atom. The normalized spacial score (nSPS) is 19.2. The third-order valence-electron chi connectivity index (χ3n) is 4.95. The van der Waals surface area contributed by atoms with E-state index in [2.05, 4.69) is 0 Å². The van der Waals surface area contributed by atoms with E-state index in [0.717, 1.165) is 44.3 Å². The van der Waals surface area contributed by atoms with Gasteiger partial charge in [-0.15, -0.1) is 0 Å². The van der Waals surface area contributed by atoms with Crippen LogP contribution in [0.5, 0.6) is 0 Å². The standard InChI is InChI=1S/C14H18N2O3.C6H12N2O/c15-13(17)12-7-4-8-16(9-12)14(18)19-10-11-5-2-1-3-6-11;7-6(9)8-4-2-1-3-5-8/h1-3,5-6,12H,4,7-10H2,(H2,15,17);1-5H2,(H2,7,9). The Labute approximate surface area is 165 Å². The van der Waals surface area contributed by atoms with E-state index in [1.165, 1.54) is 6.42 Å². The molecule has 2 heterocycles. The number of hydrogen-bond acceptors (Lipinski definition) is 4. The first kappa shape index (κ1) is 21.5. The summed E-state index contributed by atoms with van der Waals surface area (Å²) in [5.74, 6) is -0.599. The molecule has 1 atom stereocenters. The molecule has 2 saturated heterocycles. The van der Waals surface area contributed by atoms with Crippen molar-refractivity contribution in [2.45, 2.75) is 38.7 Å². The van der Waals surface area contributed by atoms with Crippen LogP contribution in [-0.2, 0) is 16.1 Å². The molecule has 1 aromatic rings. The summed E-state index contributed by atoms with van der Waals surface area (Å²) in [5, 5.41) is 0. The van der Waals surface area contributed by atoms with Crippen LogP contribution in [0.3, 0.4) is 0 Å². The molecular weight excluding hydrogens is 360 g/mol. The number of primary amides is 2. The van der Waals surface area contributed by atoms with Gasteiger partial charge >= 0.3 is 12.1 Å². The number of carbonyl (C=O) groups is 3. The molecule has 4 N–H and O–H groups in total. The minimum Gasteiger partial charge on any atom is -0.445 e. The van der Waals surface area contributed by atoms with Crippen LogP contribution in [0, 0.1) is 5.92 Å². The van der Waals surface area contributed by atoms with E-state index < -0.39 is 0 Å². The third kappa shape index (κ3) is 7.09. The van der Waals surface area contributed by atoms with Crippen LogP contribution >= 0.6 is 0 Å². The van der Waals surface area contributed by atoms with Gasteiger partial charge in [0, 0.05) is 26.2 Å². The molecule has 8 nitrogen and oxygen atoms in total. The Hall–Kier alpha value is -2.77. The molecule has 8 heteroatoms. The molecule has 0 bridgehead atoms. The van der Waals surface area contributed by atoms with Crippen molar-refractivity contribution in [1.29, 1.82) is 0 Å². The lowest BCUT2D eigenvalue weighted by atomic mass is 9.98. The number of benzene rings is 1. The second kappa shape index (κ2) is 11.2. The fraction of sp³-hybridized carbons (Fsp3) is 0.550. The molecule has 1 aromatic carbocycles. The van der Waals surface area contributed by atoms with Crippen molar-refractivity contribution >= 4 is 18.0 Å². The van der Waals surface area contributed by atoms with Gasteiger partial charge in [0.1, 0.15) is 6.61 Å². The Morgan fingerprint density at radius 3 is 2.14 bits per heavy atom. The van der Waals surface area contributed by atoms with E-state index in [1.54, 1.807) is 9.80 Å². The monoisotopic (exact) mass is 390 g/mol. The Balaban J connectivity index is 0.000000261. The van der Waals surface area contributed by atoms with E-state index in [0.29, 0.717) is 13.1 Å². The van der Waals surface area contributed by atoms with Crippen molar-refractivity contribution in [1.82, 2.24) is 9.80 Å². The van der Waals surface area contributed by atoms with Crippen LogP contribution < -0.4 is 11.5 Å². The zero-order valence-electron chi connectivity index (χ0n) is 16.2. The van der Waals surface area contributed by atoms with Crippen LogP contribution in [0.15, 0.2) is 30.3 Å². The van der Waals surface area contributed by atoms with Crippen LogP contribution in [-0.4, -0.2) is 54.0 Å². The number of nitrogens with two attached hydrogens (primary N) is 2. The number of nitrogens with zero attached hydrogens (tertiary/aromatic N) is 2. The Kier molecular flexibility index (Phi) is 8.58. The molecule has 4 amide bonds. The average Bonchev–Trinajstić information content (AvgIpc) is 2.74. The average molecular weight is 390 g/mol.